The Morgan fingerprint density at radius 1 is 1.24 bits per heavy atom. The van der Waals surface area contributed by atoms with Gasteiger partial charge in [0, 0.05) is 25.4 Å². The molecule has 0 aliphatic carbocycles. The van der Waals surface area contributed by atoms with E-state index in [1.165, 1.54) is 0 Å². The predicted octanol–water partition coefficient (Wildman–Crippen LogP) is 4.24. The van der Waals surface area contributed by atoms with Crippen LogP contribution < -0.4 is 5.32 Å². The Bertz CT molecular complexity index is 1110. The third kappa shape index (κ3) is 5.54. The van der Waals surface area contributed by atoms with Gasteiger partial charge in [0.05, 0.1) is 31.0 Å². The first-order chi connectivity index (χ1) is 16.0. The number of hydrogen-bond acceptors (Lipinski definition) is 5. The summed E-state index contributed by atoms with van der Waals surface area (Å²) in [6.07, 6.45) is 3.83. The Morgan fingerprint density at radius 2 is 2.06 bits per heavy atom. The van der Waals surface area contributed by atoms with E-state index in [9.17, 15) is 10.1 Å². The van der Waals surface area contributed by atoms with Gasteiger partial charge in [-0.2, -0.15) is 5.26 Å². The molecule has 33 heavy (non-hydrogen) atoms. The summed E-state index contributed by atoms with van der Waals surface area (Å²) < 4.78 is 13.3. The largest absolute Gasteiger partial charge is 0.467 e. The van der Waals surface area contributed by atoms with Gasteiger partial charge in [-0.25, -0.2) is 0 Å². The Morgan fingerprint density at radius 3 is 2.73 bits per heavy atom. The van der Waals surface area contributed by atoms with Crippen molar-refractivity contribution < 1.29 is 13.9 Å². The number of benzene rings is 1. The highest BCUT2D eigenvalue weighted by Gasteiger charge is 2.24. The van der Waals surface area contributed by atoms with Gasteiger partial charge >= 0.3 is 0 Å². The summed E-state index contributed by atoms with van der Waals surface area (Å²) in [4.78, 5) is 15.3. The summed E-state index contributed by atoms with van der Waals surface area (Å²) in [7, 11) is 0. The van der Waals surface area contributed by atoms with Crippen LogP contribution in [0, 0.1) is 25.2 Å². The third-order valence-corrected chi connectivity index (χ3v) is 6.20. The molecule has 0 radical (unpaired) electrons. The highest BCUT2D eigenvalue weighted by molar-refractivity contribution is 5.93. The summed E-state index contributed by atoms with van der Waals surface area (Å²) in [5.74, 6) is 1.13. The molecule has 1 aliphatic rings. The quantitative estimate of drug-likeness (QED) is 0.532. The smallest absolute Gasteiger partial charge is 0.239 e. The summed E-state index contributed by atoms with van der Waals surface area (Å²) in [5.41, 5.74) is 3.42. The molecule has 0 spiro atoms. The van der Waals surface area contributed by atoms with Crippen molar-refractivity contribution >= 4 is 11.7 Å². The van der Waals surface area contributed by atoms with Gasteiger partial charge in [-0.1, -0.05) is 30.3 Å². The second kappa shape index (κ2) is 10.5. The van der Waals surface area contributed by atoms with Gasteiger partial charge in [-0.05, 0) is 49.9 Å². The van der Waals surface area contributed by atoms with E-state index in [0.717, 1.165) is 42.0 Å². The lowest BCUT2D eigenvalue weighted by Crippen LogP contribution is -2.38. The summed E-state index contributed by atoms with van der Waals surface area (Å²) in [5, 5.41) is 12.8. The van der Waals surface area contributed by atoms with Crippen LogP contribution in [-0.4, -0.2) is 41.2 Å². The molecule has 1 amide bonds. The maximum Gasteiger partial charge on any atom is 0.239 e. The molecule has 7 heteroatoms. The molecule has 172 valence electrons. The van der Waals surface area contributed by atoms with E-state index in [2.05, 4.69) is 28.4 Å². The molecular weight excluding hydrogens is 416 g/mol. The van der Waals surface area contributed by atoms with E-state index in [-0.39, 0.29) is 18.6 Å². The number of carbonyl (C=O) groups excluding carboxylic acids is 1. The maximum atomic E-state index is 13.2. The Balaban J connectivity index is 1.52. The van der Waals surface area contributed by atoms with Gasteiger partial charge in [-0.3, -0.25) is 9.69 Å². The monoisotopic (exact) mass is 446 g/mol. The van der Waals surface area contributed by atoms with Crippen molar-refractivity contribution in [3.05, 3.63) is 76.9 Å². The maximum absolute atomic E-state index is 13.2. The SMILES string of the molecule is Cc1c(C#N)c(NC(=O)CN(Cc2ccccc2)CC2CCCO2)n(Cc2ccco2)c1C. The van der Waals surface area contributed by atoms with Crippen LogP contribution in [0.25, 0.3) is 0 Å². The fraction of sp³-hybridized carbons (Fsp3) is 0.385. The van der Waals surface area contributed by atoms with Crippen LogP contribution in [0.5, 0.6) is 0 Å². The Hall–Kier alpha value is -3.34. The van der Waals surface area contributed by atoms with Crippen LogP contribution in [-0.2, 0) is 22.6 Å². The van der Waals surface area contributed by atoms with Gasteiger partial charge in [0.25, 0.3) is 0 Å². The number of furan rings is 1. The molecule has 0 saturated carbocycles. The van der Waals surface area contributed by atoms with E-state index < -0.39 is 0 Å². The molecule has 1 atom stereocenters. The fourth-order valence-corrected chi connectivity index (χ4v) is 4.36. The van der Waals surface area contributed by atoms with Gasteiger partial charge in [-0.15, -0.1) is 0 Å². The first-order valence-corrected chi connectivity index (χ1v) is 11.3. The second-order valence-electron chi connectivity index (χ2n) is 8.55. The number of amides is 1. The van der Waals surface area contributed by atoms with Gasteiger partial charge < -0.3 is 19.0 Å². The van der Waals surface area contributed by atoms with Crippen LogP contribution in [0.3, 0.4) is 0 Å². The molecule has 1 fully saturated rings. The van der Waals surface area contributed by atoms with Crippen molar-refractivity contribution in [2.24, 2.45) is 0 Å². The molecule has 3 aromatic rings. The number of aromatic nitrogens is 1. The molecule has 1 aliphatic heterocycles. The first-order valence-electron chi connectivity index (χ1n) is 11.3. The molecule has 3 heterocycles. The Kier molecular flexibility index (Phi) is 7.28. The molecule has 0 bridgehead atoms. The number of rotatable bonds is 9. The lowest BCUT2D eigenvalue weighted by Gasteiger charge is -2.25. The second-order valence-corrected chi connectivity index (χ2v) is 8.55. The van der Waals surface area contributed by atoms with Crippen LogP contribution in [0.15, 0.2) is 53.1 Å². The summed E-state index contributed by atoms with van der Waals surface area (Å²) >= 11 is 0. The van der Waals surface area contributed by atoms with Crippen molar-refractivity contribution in [3.63, 3.8) is 0 Å². The van der Waals surface area contributed by atoms with Crippen molar-refractivity contribution in [1.82, 2.24) is 9.47 Å². The van der Waals surface area contributed by atoms with Crippen LogP contribution in [0.4, 0.5) is 5.82 Å². The molecule has 1 unspecified atom stereocenters. The topological polar surface area (TPSA) is 83.4 Å². The van der Waals surface area contributed by atoms with E-state index in [4.69, 9.17) is 9.15 Å². The minimum absolute atomic E-state index is 0.142. The predicted molar refractivity (Wildman–Crippen MR) is 126 cm³/mol. The lowest BCUT2D eigenvalue weighted by molar-refractivity contribution is -0.117. The summed E-state index contributed by atoms with van der Waals surface area (Å²) in [6.45, 7) is 6.64. The molecule has 7 nitrogen and oxygen atoms in total. The van der Waals surface area contributed by atoms with Crippen molar-refractivity contribution in [3.8, 4) is 6.07 Å². The number of anilines is 1. The van der Waals surface area contributed by atoms with Gasteiger partial charge in [0.15, 0.2) is 0 Å². The highest BCUT2D eigenvalue weighted by Crippen LogP contribution is 2.27. The number of carbonyl (C=O) groups is 1. The fourth-order valence-electron chi connectivity index (χ4n) is 4.36. The van der Waals surface area contributed by atoms with Crippen LogP contribution in [0.1, 0.15) is 41.0 Å². The zero-order valence-electron chi connectivity index (χ0n) is 19.2. The van der Waals surface area contributed by atoms with E-state index in [0.29, 0.717) is 31.0 Å². The highest BCUT2D eigenvalue weighted by atomic mass is 16.5. The third-order valence-electron chi connectivity index (χ3n) is 6.20. The zero-order valence-corrected chi connectivity index (χ0v) is 19.2. The minimum Gasteiger partial charge on any atom is -0.467 e. The van der Waals surface area contributed by atoms with E-state index >= 15 is 0 Å². The number of nitrogens with one attached hydrogen (secondary N) is 1. The molecule has 4 rings (SSSR count). The van der Waals surface area contributed by atoms with E-state index in [1.54, 1.807) is 6.26 Å². The molecule has 1 saturated heterocycles. The number of nitrogens with zero attached hydrogens (tertiary/aromatic N) is 3. The standard InChI is InChI=1S/C26H30N4O3/c1-19-20(2)30(17-23-11-7-13-33-23)26(24(19)14-27)28-25(31)18-29(16-22-10-6-12-32-22)15-21-8-4-3-5-9-21/h3-5,7-9,11,13,22H,6,10,12,15-18H2,1-2H3,(H,28,31). The number of ether oxygens (including phenoxy) is 1. The molecule has 1 N–H and O–H groups in total. The van der Waals surface area contributed by atoms with Gasteiger partial charge in [0.2, 0.25) is 5.91 Å². The van der Waals surface area contributed by atoms with Gasteiger partial charge in [0.1, 0.15) is 17.6 Å². The lowest BCUT2D eigenvalue weighted by atomic mass is 10.1. The first kappa shape index (κ1) is 22.8. The Labute approximate surface area is 194 Å². The zero-order chi connectivity index (χ0) is 23.2. The van der Waals surface area contributed by atoms with Crippen molar-refractivity contribution in [2.45, 2.75) is 45.9 Å². The molecule has 2 aromatic heterocycles. The van der Waals surface area contributed by atoms with Crippen LogP contribution in [0.2, 0.25) is 0 Å². The number of nitriles is 1. The normalized spacial score (nSPS) is 15.6. The summed E-state index contributed by atoms with van der Waals surface area (Å²) in [6, 6.07) is 16.1. The van der Waals surface area contributed by atoms with Crippen LogP contribution >= 0.6 is 0 Å². The van der Waals surface area contributed by atoms with Crippen molar-refractivity contribution in [1.29, 1.82) is 5.26 Å². The molecular formula is C26H30N4O3. The minimum atomic E-state index is -0.154. The van der Waals surface area contributed by atoms with E-state index in [1.807, 2.05) is 48.7 Å². The van der Waals surface area contributed by atoms with Crippen molar-refractivity contribution in [2.75, 3.05) is 25.0 Å². The average Bonchev–Trinajstić information content (AvgIpc) is 3.55. The molecule has 1 aromatic carbocycles. The average molecular weight is 447 g/mol. The number of hydrogen-bond donors (Lipinski definition) is 1.